The molecule has 7 nitrogen and oxygen atoms in total. The van der Waals surface area contributed by atoms with Crippen LogP contribution in [0.4, 0.5) is 5.13 Å². The number of aromatic nitrogens is 4. The fourth-order valence-electron chi connectivity index (χ4n) is 2.40. The third-order valence-corrected chi connectivity index (χ3v) is 5.83. The molecule has 142 valence electrons. The van der Waals surface area contributed by atoms with Crippen molar-refractivity contribution in [1.82, 2.24) is 20.3 Å². The van der Waals surface area contributed by atoms with Crippen LogP contribution in [0.5, 0.6) is 5.75 Å². The van der Waals surface area contributed by atoms with E-state index in [1.165, 1.54) is 23.1 Å². The second-order valence-corrected chi connectivity index (χ2v) is 7.94. The van der Waals surface area contributed by atoms with Crippen LogP contribution in [-0.4, -0.2) is 27.4 Å². The molecule has 0 aliphatic carbocycles. The van der Waals surface area contributed by atoms with Gasteiger partial charge in [-0.25, -0.2) is 0 Å². The van der Waals surface area contributed by atoms with Gasteiger partial charge in [-0.1, -0.05) is 70.7 Å². The van der Waals surface area contributed by atoms with Gasteiger partial charge < -0.3 is 14.6 Å². The zero-order chi connectivity index (χ0) is 19.2. The second kappa shape index (κ2) is 8.85. The molecule has 2 aromatic carbocycles. The highest BCUT2D eigenvalue weighted by Gasteiger charge is 2.11. The number of rotatable bonds is 8. The molecule has 0 radical (unpaired) electrons. The lowest BCUT2D eigenvalue weighted by molar-refractivity contribution is 0.391. The Balaban J connectivity index is 1.29. The van der Waals surface area contributed by atoms with Crippen molar-refractivity contribution in [2.45, 2.75) is 16.6 Å². The van der Waals surface area contributed by atoms with Crippen LogP contribution in [0.3, 0.4) is 0 Å². The highest BCUT2D eigenvalue weighted by molar-refractivity contribution is 8.00. The van der Waals surface area contributed by atoms with Crippen LogP contribution in [0, 0.1) is 0 Å². The van der Waals surface area contributed by atoms with E-state index in [4.69, 9.17) is 9.26 Å². The van der Waals surface area contributed by atoms with Crippen LogP contribution in [-0.2, 0) is 12.3 Å². The zero-order valence-electron chi connectivity index (χ0n) is 15.0. The highest BCUT2D eigenvalue weighted by atomic mass is 32.2. The molecule has 4 rings (SSSR count). The standard InChI is InChI=1S/C19H17N5O2S2/c1-25-15-9-7-13(8-10-15)11-20-18-22-23-19(28-18)27-12-16-21-17(24-26-16)14-5-3-2-4-6-14/h2-10H,11-12H2,1H3,(H,20,22). The molecule has 0 amide bonds. The van der Waals surface area contributed by atoms with Crippen LogP contribution < -0.4 is 10.1 Å². The number of hydrogen-bond donors (Lipinski definition) is 1. The van der Waals surface area contributed by atoms with Crippen molar-refractivity contribution in [3.8, 4) is 17.1 Å². The summed E-state index contributed by atoms with van der Waals surface area (Å²) >= 11 is 3.02. The first-order valence-electron chi connectivity index (χ1n) is 8.51. The van der Waals surface area contributed by atoms with Gasteiger partial charge >= 0.3 is 0 Å². The molecule has 0 aliphatic rings. The van der Waals surface area contributed by atoms with Gasteiger partial charge in [-0.05, 0) is 17.7 Å². The van der Waals surface area contributed by atoms with Crippen molar-refractivity contribution >= 4 is 28.2 Å². The first-order chi connectivity index (χ1) is 13.8. The normalized spacial score (nSPS) is 10.8. The van der Waals surface area contributed by atoms with Gasteiger partial charge in [-0.3, -0.25) is 0 Å². The first-order valence-corrected chi connectivity index (χ1v) is 10.3. The molecule has 0 aliphatic heterocycles. The van der Waals surface area contributed by atoms with Gasteiger partial charge in [0.25, 0.3) is 0 Å². The summed E-state index contributed by atoms with van der Waals surface area (Å²) in [7, 11) is 1.66. The molecule has 9 heteroatoms. The predicted molar refractivity (Wildman–Crippen MR) is 110 cm³/mol. The number of ether oxygens (including phenoxy) is 1. The smallest absolute Gasteiger partial charge is 0.237 e. The molecule has 0 unspecified atom stereocenters. The summed E-state index contributed by atoms with van der Waals surface area (Å²) in [6, 6.07) is 17.7. The maximum atomic E-state index is 5.32. The van der Waals surface area contributed by atoms with E-state index in [0.29, 0.717) is 24.0 Å². The Labute approximate surface area is 170 Å². The van der Waals surface area contributed by atoms with Crippen LogP contribution in [0.25, 0.3) is 11.4 Å². The Kier molecular flexibility index (Phi) is 5.83. The summed E-state index contributed by atoms with van der Waals surface area (Å²) in [4.78, 5) is 4.42. The first kappa shape index (κ1) is 18.5. The summed E-state index contributed by atoms with van der Waals surface area (Å²) < 4.78 is 11.3. The molecular formula is C19H17N5O2S2. The van der Waals surface area contributed by atoms with Gasteiger partial charge in [0.1, 0.15) is 5.75 Å². The molecule has 0 saturated carbocycles. The molecule has 4 aromatic rings. The molecule has 0 fully saturated rings. The maximum Gasteiger partial charge on any atom is 0.237 e. The van der Waals surface area contributed by atoms with Crippen molar-refractivity contribution in [2.24, 2.45) is 0 Å². The summed E-state index contributed by atoms with van der Waals surface area (Å²) in [5.41, 5.74) is 2.08. The summed E-state index contributed by atoms with van der Waals surface area (Å²) in [5, 5.41) is 16.5. The largest absolute Gasteiger partial charge is 0.497 e. The van der Waals surface area contributed by atoms with Gasteiger partial charge in [-0.2, -0.15) is 4.98 Å². The van der Waals surface area contributed by atoms with Gasteiger partial charge in [0.05, 0.1) is 12.9 Å². The minimum atomic E-state index is 0.549. The van der Waals surface area contributed by atoms with Crippen molar-refractivity contribution in [3.63, 3.8) is 0 Å². The van der Waals surface area contributed by atoms with E-state index in [1.807, 2.05) is 54.6 Å². The predicted octanol–water partition coefficient (Wildman–Crippen LogP) is 4.50. The lowest BCUT2D eigenvalue weighted by Crippen LogP contribution is -1.98. The zero-order valence-corrected chi connectivity index (χ0v) is 16.7. The fraction of sp³-hybridized carbons (Fsp3) is 0.158. The van der Waals surface area contributed by atoms with Crippen molar-refractivity contribution in [3.05, 3.63) is 66.1 Å². The monoisotopic (exact) mass is 411 g/mol. The molecule has 0 spiro atoms. The molecule has 0 atom stereocenters. The summed E-state index contributed by atoms with van der Waals surface area (Å²) in [5.74, 6) is 2.55. The van der Waals surface area contributed by atoms with E-state index in [9.17, 15) is 0 Å². The molecule has 2 heterocycles. The van der Waals surface area contributed by atoms with Gasteiger partial charge in [0, 0.05) is 12.1 Å². The van der Waals surface area contributed by atoms with Gasteiger partial charge in [-0.15, -0.1) is 10.2 Å². The number of hydrogen-bond acceptors (Lipinski definition) is 9. The molecule has 2 aromatic heterocycles. The Morgan fingerprint density at radius 3 is 2.68 bits per heavy atom. The lowest BCUT2D eigenvalue weighted by Gasteiger charge is -2.03. The number of nitrogens with one attached hydrogen (secondary N) is 1. The molecule has 0 saturated heterocycles. The van der Waals surface area contributed by atoms with E-state index in [1.54, 1.807) is 7.11 Å². The Morgan fingerprint density at radius 1 is 1.07 bits per heavy atom. The topological polar surface area (TPSA) is 86.0 Å². The van der Waals surface area contributed by atoms with E-state index in [2.05, 4.69) is 25.7 Å². The molecule has 1 N–H and O–H groups in total. The van der Waals surface area contributed by atoms with Crippen LogP contribution in [0.15, 0.2) is 63.5 Å². The molecular weight excluding hydrogens is 394 g/mol. The minimum Gasteiger partial charge on any atom is -0.497 e. The van der Waals surface area contributed by atoms with Crippen molar-refractivity contribution in [2.75, 3.05) is 12.4 Å². The van der Waals surface area contributed by atoms with Crippen LogP contribution in [0.2, 0.25) is 0 Å². The van der Waals surface area contributed by atoms with Gasteiger partial charge in [0.15, 0.2) is 4.34 Å². The molecule has 28 heavy (non-hydrogen) atoms. The Morgan fingerprint density at radius 2 is 1.89 bits per heavy atom. The number of benzene rings is 2. The second-order valence-electron chi connectivity index (χ2n) is 5.74. The third kappa shape index (κ3) is 4.68. The molecule has 0 bridgehead atoms. The van der Waals surface area contributed by atoms with E-state index < -0.39 is 0 Å². The Hall–Kier alpha value is -2.91. The van der Waals surface area contributed by atoms with E-state index in [0.717, 1.165) is 26.3 Å². The maximum absolute atomic E-state index is 5.32. The number of anilines is 1. The van der Waals surface area contributed by atoms with Crippen LogP contribution >= 0.6 is 23.1 Å². The quantitative estimate of drug-likeness (QED) is 0.424. The van der Waals surface area contributed by atoms with E-state index >= 15 is 0 Å². The minimum absolute atomic E-state index is 0.549. The van der Waals surface area contributed by atoms with Crippen molar-refractivity contribution in [1.29, 1.82) is 0 Å². The Bertz CT molecular complexity index is 1020. The van der Waals surface area contributed by atoms with Gasteiger partial charge in [0.2, 0.25) is 16.8 Å². The summed E-state index contributed by atoms with van der Waals surface area (Å²) in [6.45, 7) is 0.674. The average molecular weight is 412 g/mol. The van der Waals surface area contributed by atoms with E-state index in [-0.39, 0.29) is 0 Å². The lowest BCUT2D eigenvalue weighted by atomic mass is 10.2. The average Bonchev–Trinajstić information content (AvgIpc) is 3.41. The number of thioether (sulfide) groups is 1. The third-order valence-electron chi connectivity index (χ3n) is 3.83. The summed E-state index contributed by atoms with van der Waals surface area (Å²) in [6.07, 6.45) is 0. The number of nitrogens with zero attached hydrogens (tertiary/aromatic N) is 4. The van der Waals surface area contributed by atoms with Crippen molar-refractivity contribution < 1.29 is 9.26 Å². The highest BCUT2D eigenvalue weighted by Crippen LogP contribution is 2.28. The number of methoxy groups -OCH3 is 1. The SMILES string of the molecule is COc1ccc(CNc2nnc(SCc3nc(-c4ccccc4)no3)s2)cc1. The fourth-order valence-corrected chi connectivity index (χ4v) is 3.99. The van der Waals surface area contributed by atoms with Crippen LogP contribution in [0.1, 0.15) is 11.5 Å².